The molecule has 12 aromatic rings. The largest absolute Gasteiger partial charge is 0.457 e. The SMILES string of the molecule is CC.CC.CC.CC.CC.CC.CC.CC.CC.CC.CC.CC.CC(C)(c1ccc(N)cc1)c1ccc(N)cc1.Nc1ccc(-c2ccc(N)cc2)cc1.Nc1ccc(C(=O)c2ccc(N)cc2)cc1.Nc1ccc(Cc2ccc(N)cc2)cc1.Nc1ccc(N)cc1.Nc1ccc(Oc2ccc(N)cc2)cc1.Nc1cccc(N)c1. The van der Waals surface area contributed by atoms with Crippen molar-refractivity contribution in [3.05, 3.63) is 325 Å². The van der Waals surface area contributed by atoms with Crippen LogP contribution in [0.1, 0.15) is 218 Å². The van der Waals surface area contributed by atoms with E-state index in [1.165, 1.54) is 22.3 Å². The molecule has 0 saturated heterocycles. The summed E-state index contributed by atoms with van der Waals surface area (Å²) >= 11 is 0. The third-order valence-electron chi connectivity index (χ3n) is 14.0. The number of nitrogen functional groups attached to an aromatic ring is 14. The molecular formula is C101H156N14O2. The summed E-state index contributed by atoms with van der Waals surface area (Å²) in [5, 5.41) is 0. The van der Waals surface area contributed by atoms with E-state index in [0.717, 1.165) is 85.9 Å². The smallest absolute Gasteiger partial charge is 0.193 e. The van der Waals surface area contributed by atoms with Crippen LogP contribution < -0.4 is 85.0 Å². The van der Waals surface area contributed by atoms with Crippen LogP contribution in [0.5, 0.6) is 11.5 Å². The summed E-state index contributed by atoms with van der Waals surface area (Å²) in [7, 11) is 0. The number of ketones is 1. The van der Waals surface area contributed by atoms with Crippen molar-refractivity contribution < 1.29 is 9.53 Å². The van der Waals surface area contributed by atoms with E-state index in [-0.39, 0.29) is 11.2 Å². The first-order valence-corrected chi connectivity index (χ1v) is 41.5. The van der Waals surface area contributed by atoms with Crippen LogP contribution in [0.3, 0.4) is 0 Å². The molecule has 0 unspecified atom stereocenters. The molecule has 0 aromatic heterocycles. The van der Waals surface area contributed by atoms with Crippen LogP contribution in [0.15, 0.2) is 291 Å². The van der Waals surface area contributed by atoms with E-state index in [9.17, 15) is 4.79 Å². The van der Waals surface area contributed by atoms with Crippen molar-refractivity contribution in [3.63, 3.8) is 0 Å². The Hall–Kier alpha value is -12.7. The van der Waals surface area contributed by atoms with Gasteiger partial charge in [-0.2, -0.15) is 0 Å². The molecule has 12 aromatic carbocycles. The summed E-state index contributed by atoms with van der Waals surface area (Å²) in [5.41, 5.74) is 96.6. The molecule has 0 aliphatic rings. The van der Waals surface area contributed by atoms with E-state index in [1.807, 2.05) is 318 Å². The summed E-state index contributed by atoms with van der Waals surface area (Å²) < 4.78 is 5.58. The van der Waals surface area contributed by atoms with Crippen molar-refractivity contribution in [2.45, 2.75) is 192 Å². The molecule has 642 valence electrons. The predicted octanol–water partition coefficient (Wildman–Crippen LogP) is 26.9. The Balaban J connectivity index is -0.000000233. The van der Waals surface area contributed by atoms with Gasteiger partial charge in [-0.3, -0.25) is 4.79 Å². The average molecular weight is 1600 g/mol. The van der Waals surface area contributed by atoms with Gasteiger partial charge in [0.05, 0.1) is 0 Å². The minimum Gasteiger partial charge on any atom is -0.457 e. The van der Waals surface area contributed by atoms with Crippen molar-refractivity contribution in [2.24, 2.45) is 0 Å². The van der Waals surface area contributed by atoms with E-state index in [1.54, 1.807) is 115 Å². The monoisotopic (exact) mass is 1600 g/mol. The highest BCUT2D eigenvalue weighted by atomic mass is 16.5. The third kappa shape index (κ3) is 54.6. The second kappa shape index (κ2) is 77.3. The molecule has 0 bridgehead atoms. The molecule has 12 rings (SSSR count). The molecule has 0 amide bonds. The minimum atomic E-state index is -0.0403. The fourth-order valence-electron chi connectivity index (χ4n) is 8.52. The van der Waals surface area contributed by atoms with Gasteiger partial charge in [0.1, 0.15) is 11.5 Å². The van der Waals surface area contributed by atoms with Gasteiger partial charge in [-0.15, -0.1) is 0 Å². The summed E-state index contributed by atoms with van der Waals surface area (Å²) in [4.78, 5) is 12.0. The van der Waals surface area contributed by atoms with Gasteiger partial charge >= 0.3 is 0 Å². The van der Waals surface area contributed by atoms with E-state index < -0.39 is 0 Å². The van der Waals surface area contributed by atoms with Crippen LogP contribution in [0.4, 0.5) is 79.6 Å². The maximum atomic E-state index is 12.0. The van der Waals surface area contributed by atoms with Crippen molar-refractivity contribution in [3.8, 4) is 22.6 Å². The number of anilines is 14. The second-order valence-electron chi connectivity index (χ2n) is 21.9. The van der Waals surface area contributed by atoms with Crippen LogP contribution in [0, 0.1) is 0 Å². The van der Waals surface area contributed by atoms with E-state index in [2.05, 4.69) is 38.1 Å². The molecule has 0 heterocycles. The molecule has 0 fully saturated rings. The topological polar surface area (TPSA) is 391 Å². The summed E-state index contributed by atoms with van der Waals surface area (Å²) in [6.07, 6.45) is 0.917. The molecule has 0 aliphatic carbocycles. The van der Waals surface area contributed by atoms with Crippen LogP contribution in [0.2, 0.25) is 0 Å². The highest BCUT2D eigenvalue weighted by Crippen LogP contribution is 2.32. The van der Waals surface area contributed by atoms with Crippen LogP contribution in [-0.2, 0) is 11.8 Å². The third-order valence-corrected chi connectivity index (χ3v) is 14.0. The standard InChI is InChI=1S/C15H18N2.C13H12N2O.C13H14N2.C12H12N2O.C12H12N2.2C6H8N2.12C2H6/c1-15(2,11-3-7-13(16)8-4-11)12-5-9-14(17)10-6-12;14-11-5-1-9(2-6-11)13(16)10-3-7-12(15)8-4-10;14-12-5-1-10(2-6-12)9-11-3-7-13(15)8-4-11;13-9-1-5-11(6-2-9)15-12-7-3-10(14)4-8-12;13-11-5-1-9(2-6-11)10-3-7-12(14)8-4-10;7-5-1-2-6(8)4-3-5;7-5-2-1-3-6(8)4-5;12*1-2/h3-10H,16-17H2,1-2H3;1-8H,14-15H2;1-8H,9,14-15H2;1-8H,13-14H2;1-8H,13-14H2;2*1-4H,7-8H2;12*1-2H3. The second-order valence-corrected chi connectivity index (χ2v) is 21.9. The first-order chi connectivity index (χ1) is 56.5. The van der Waals surface area contributed by atoms with Gasteiger partial charge in [-0.05, 0) is 252 Å². The highest BCUT2D eigenvalue weighted by Gasteiger charge is 2.22. The minimum absolute atomic E-state index is 0.0278. The Morgan fingerprint density at radius 3 is 0.590 bits per heavy atom. The first kappa shape index (κ1) is 118. The lowest BCUT2D eigenvalue weighted by molar-refractivity contribution is 0.103. The van der Waals surface area contributed by atoms with Crippen molar-refractivity contribution >= 4 is 85.4 Å². The number of carbonyl (C=O) groups is 1. The first-order valence-electron chi connectivity index (χ1n) is 41.5. The van der Waals surface area contributed by atoms with Gasteiger partial charge < -0.3 is 85.0 Å². The lowest BCUT2D eigenvalue weighted by Gasteiger charge is -2.26. The maximum absolute atomic E-state index is 12.0. The van der Waals surface area contributed by atoms with Gasteiger partial charge in [0.2, 0.25) is 0 Å². The molecule has 0 radical (unpaired) electrons. The zero-order valence-corrected chi connectivity index (χ0v) is 76.3. The van der Waals surface area contributed by atoms with Crippen LogP contribution >= 0.6 is 0 Å². The van der Waals surface area contributed by atoms with Crippen molar-refractivity contribution in [1.82, 2.24) is 0 Å². The average Bonchev–Trinajstić information content (AvgIpc) is 0.794. The van der Waals surface area contributed by atoms with Crippen LogP contribution in [-0.4, -0.2) is 5.78 Å². The quantitative estimate of drug-likeness (QED) is 0.0471. The molecule has 0 atom stereocenters. The van der Waals surface area contributed by atoms with Crippen molar-refractivity contribution in [1.29, 1.82) is 0 Å². The van der Waals surface area contributed by atoms with Crippen molar-refractivity contribution in [2.75, 3.05) is 80.3 Å². The number of hydrogen-bond donors (Lipinski definition) is 14. The van der Waals surface area contributed by atoms with Gasteiger partial charge in [0.15, 0.2) is 5.78 Å². The molecular weight excluding hydrogens is 1440 g/mol. The molecule has 0 aliphatic heterocycles. The normalized spacial score (nSPS) is 8.63. The molecule has 16 nitrogen and oxygen atoms in total. The molecule has 0 spiro atoms. The lowest BCUT2D eigenvalue weighted by atomic mass is 9.78. The Kier molecular flexibility index (Phi) is 77.6. The number of rotatable bonds is 9. The fourth-order valence-corrected chi connectivity index (χ4v) is 8.52. The molecule has 0 saturated carbocycles. The summed E-state index contributed by atoms with van der Waals surface area (Å²) in [5.74, 6) is 1.49. The Morgan fingerprint density at radius 2 is 0.393 bits per heavy atom. The van der Waals surface area contributed by atoms with E-state index >= 15 is 0 Å². The maximum Gasteiger partial charge on any atom is 0.193 e. The summed E-state index contributed by atoms with van der Waals surface area (Å²) in [6, 6.07) is 90.0. The zero-order valence-electron chi connectivity index (χ0n) is 76.3. The van der Waals surface area contributed by atoms with Gasteiger partial charge in [-0.1, -0.05) is 259 Å². The van der Waals surface area contributed by atoms with E-state index in [4.69, 9.17) is 85.0 Å². The Morgan fingerprint density at radius 1 is 0.222 bits per heavy atom. The Bertz CT molecular complexity index is 3790. The lowest BCUT2D eigenvalue weighted by Crippen LogP contribution is -2.18. The predicted molar refractivity (Wildman–Crippen MR) is 533 cm³/mol. The number of carbonyl (C=O) groups excluding carboxylic acids is 1. The Labute approximate surface area is 710 Å². The van der Waals surface area contributed by atoms with Crippen LogP contribution in [0.25, 0.3) is 11.1 Å². The highest BCUT2D eigenvalue weighted by molar-refractivity contribution is 6.09. The molecule has 16 heteroatoms. The molecule has 28 N–H and O–H groups in total. The van der Waals surface area contributed by atoms with Gasteiger partial charge in [0.25, 0.3) is 0 Å². The number of hydrogen-bond acceptors (Lipinski definition) is 16. The number of benzene rings is 12. The van der Waals surface area contributed by atoms with Gasteiger partial charge in [-0.25, -0.2) is 0 Å². The molecule has 117 heavy (non-hydrogen) atoms. The van der Waals surface area contributed by atoms with E-state index in [0.29, 0.717) is 33.9 Å². The zero-order chi connectivity index (χ0) is 91.3. The number of ether oxygens (including phenoxy) is 1. The summed E-state index contributed by atoms with van der Waals surface area (Å²) in [6.45, 7) is 52.4. The number of nitrogens with two attached hydrogens (primary N) is 14. The van der Waals surface area contributed by atoms with Gasteiger partial charge in [0, 0.05) is 96.2 Å². The fraction of sp³-hybridized carbons (Fsp3) is 0.277.